The Kier molecular flexibility index (Phi) is 9.45. The molecule has 7 heteroatoms. The summed E-state index contributed by atoms with van der Waals surface area (Å²) in [6.07, 6.45) is 1.68. The first-order valence-electron chi connectivity index (χ1n) is 13.1. The van der Waals surface area contributed by atoms with Crippen molar-refractivity contribution >= 4 is 23.3 Å². The maximum atomic E-state index is 13.6. The fraction of sp³-hybridized carbons (Fsp3) is 0.586. The first-order valence-corrected chi connectivity index (χ1v) is 14.0. The van der Waals surface area contributed by atoms with E-state index in [1.165, 1.54) is 10.4 Å². The highest BCUT2D eigenvalue weighted by Crippen LogP contribution is 2.34. The number of hydrogen-bond donors (Lipinski definition) is 1. The van der Waals surface area contributed by atoms with Crippen LogP contribution in [0.15, 0.2) is 35.7 Å². The smallest absolute Gasteiger partial charge is 0.318 e. The fourth-order valence-corrected chi connectivity index (χ4v) is 5.25. The third-order valence-corrected chi connectivity index (χ3v) is 7.44. The molecule has 1 aromatic carbocycles. The van der Waals surface area contributed by atoms with E-state index in [-0.39, 0.29) is 30.1 Å². The lowest BCUT2D eigenvalue weighted by Gasteiger charge is -2.37. The number of benzene rings is 1. The van der Waals surface area contributed by atoms with Crippen molar-refractivity contribution < 1.29 is 14.3 Å². The van der Waals surface area contributed by atoms with E-state index in [9.17, 15) is 9.59 Å². The van der Waals surface area contributed by atoms with Gasteiger partial charge in [-0.2, -0.15) is 0 Å². The predicted octanol–water partition coefficient (Wildman–Crippen LogP) is 6.23. The van der Waals surface area contributed by atoms with Crippen molar-refractivity contribution in [2.24, 2.45) is 5.92 Å². The van der Waals surface area contributed by atoms with Gasteiger partial charge >= 0.3 is 6.03 Å². The van der Waals surface area contributed by atoms with Gasteiger partial charge in [-0.05, 0) is 80.2 Å². The van der Waals surface area contributed by atoms with Gasteiger partial charge in [0.1, 0.15) is 18.9 Å². The Morgan fingerprint density at radius 2 is 1.83 bits per heavy atom. The molecular formula is C29H43N3O3S. The summed E-state index contributed by atoms with van der Waals surface area (Å²) in [5.74, 6) is 1.67. The molecule has 0 fully saturated rings. The first-order chi connectivity index (χ1) is 16.9. The van der Waals surface area contributed by atoms with Gasteiger partial charge in [-0.15, -0.1) is 11.3 Å². The summed E-state index contributed by atoms with van der Waals surface area (Å²) in [5, 5.41) is 5.12. The zero-order valence-corrected chi connectivity index (χ0v) is 23.8. The maximum absolute atomic E-state index is 13.6. The van der Waals surface area contributed by atoms with Gasteiger partial charge in [0.25, 0.3) is 0 Å². The topological polar surface area (TPSA) is 61.9 Å². The van der Waals surface area contributed by atoms with Gasteiger partial charge in [0.15, 0.2) is 0 Å². The summed E-state index contributed by atoms with van der Waals surface area (Å²) >= 11 is 1.74. The van der Waals surface area contributed by atoms with Crippen LogP contribution in [0.5, 0.6) is 5.75 Å². The molecule has 1 atom stereocenters. The monoisotopic (exact) mass is 513 g/mol. The van der Waals surface area contributed by atoms with E-state index >= 15 is 0 Å². The largest absolute Gasteiger partial charge is 0.491 e. The number of carbonyl (C=O) groups is 2. The molecule has 198 valence electrons. The molecule has 1 N–H and O–H groups in total. The molecule has 2 heterocycles. The molecule has 3 rings (SSSR count). The van der Waals surface area contributed by atoms with Crippen molar-refractivity contribution in [3.05, 3.63) is 51.7 Å². The number of urea groups is 1. The number of hydrogen-bond acceptors (Lipinski definition) is 4. The molecule has 1 aliphatic rings. The molecule has 1 aromatic heterocycles. The molecule has 3 amide bonds. The number of fused-ring (bicyclic) bond motifs is 1. The SMILES string of the molecule is CC(C)CCN(CC(=O)N1CCc2sccc2[C@@H]1COc1ccc(C(C)C)cc1)C(=O)NC(C)(C)C. The van der Waals surface area contributed by atoms with Crippen molar-refractivity contribution in [3.63, 3.8) is 0 Å². The first kappa shape index (κ1) is 28.0. The third-order valence-electron chi connectivity index (χ3n) is 6.44. The van der Waals surface area contributed by atoms with Gasteiger partial charge in [0.2, 0.25) is 5.91 Å². The second-order valence-electron chi connectivity index (χ2n) is 11.5. The summed E-state index contributed by atoms with van der Waals surface area (Å²) in [6.45, 7) is 16.1. The standard InChI is InChI=1S/C29H43N3O3S/c1-20(2)12-15-31(28(34)30-29(5,6)7)18-27(33)32-16-13-26-24(14-17-36-26)25(32)19-35-23-10-8-22(9-11-23)21(3)4/h8-11,14,17,20-21,25H,12-13,15-16,18-19H2,1-7H3,(H,30,34)/t25-/m0/s1. The Balaban J connectivity index is 1.75. The Labute approximate surface area is 221 Å². The summed E-state index contributed by atoms with van der Waals surface area (Å²) in [6, 6.07) is 9.95. The van der Waals surface area contributed by atoms with Crippen LogP contribution < -0.4 is 10.1 Å². The maximum Gasteiger partial charge on any atom is 0.318 e. The van der Waals surface area contributed by atoms with Crippen LogP contribution in [0, 0.1) is 5.92 Å². The Hall–Kier alpha value is -2.54. The summed E-state index contributed by atoms with van der Waals surface area (Å²) in [5.41, 5.74) is 2.06. The molecule has 0 unspecified atom stereocenters. The van der Waals surface area contributed by atoms with Crippen molar-refractivity contribution in [2.75, 3.05) is 26.2 Å². The van der Waals surface area contributed by atoms with E-state index in [2.05, 4.69) is 56.6 Å². The Morgan fingerprint density at radius 1 is 1.14 bits per heavy atom. The van der Waals surface area contributed by atoms with Gasteiger partial charge in [-0.3, -0.25) is 4.79 Å². The van der Waals surface area contributed by atoms with Crippen LogP contribution in [0.3, 0.4) is 0 Å². The average molecular weight is 514 g/mol. The van der Waals surface area contributed by atoms with Gasteiger partial charge in [0.05, 0.1) is 6.04 Å². The minimum absolute atomic E-state index is 0.0385. The zero-order chi connectivity index (χ0) is 26.5. The van der Waals surface area contributed by atoms with Crippen LogP contribution in [0.25, 0.3) is 0 Å². The highest BCUT2D eigenvalue weighted by atomic mass is 32.1. The number of amides is 3. The van der Waals surface area contributed by atoms with Gasteiger partial charge in [-0.1, -0.05) is 39.8 Å². The van der Waals surface area contributed by atoms with E-state index < -0.39 is 0 Å². The minimum Gasteiger partial charge on any atom is -0.491 e. The highest BCUT2D eigenvalue weighted by molar-refractivity contribution is 7.10. The van der Waals surface area contributed by atoms with E-state index in [0.29, 0.717) is 31.5 Å². The van der Waals surface area contributed by atoms with E-state index in [1.807, 2.05) is 37.8 Å². The Bertz CT molecular complexity index is 1010. The number of thiophene rings is 1. The van der Waals surface area contributed by atoms with Crippen molar-refractivity contribution in [1.82, 2.24) is 15.1 Å². The highest BCUT2D eigenvalue weighted by Gasteiger charge is 2.34. The third kappa shape index (κ3) is 7.73. The summed E-state index contributed by atoms with van der Waals surface area (Å²) in [4.78, 5) is 31.6. The number of rotatable bonds is 9. The molecule has 0 spiro atoms. The van der Waals surface area contributed by atoms with Crippen molar-refractivity contribution in [3.8, 4) is 5.75 Å². The lowest BCUT2D eigenvalue weighted by molar-refractivity contribution is -0.135. The molecule has 0 radical (unpaired) electrons. The molecule has 0 saturated heterocycles. The Morgan fingerprint density at radius 3 is 2.44 bits per heavy atom. The normalized spacial score (nSPS) is 15.7. The second-order valence-corrected chi connectivity index (χ2v) is 12.5. The average Bonchev–Trinajstić information content (AvgIpc) is 3.28. The summed E-state index contributed by atoms with van der Waals surface area (Å²) < 4.78 is 6.20. The van der Waals surface area contributed by atoms with Crippen molar-refractivity contribution in [2.45, 2.75) is 78.8 Å². The molecule has 6 nitrogen and oxygen atoms in total. The molecule has 1 aliphatic heterocycles. The lowest BCUT2D eigenvalue weighted by Crippen LogP contribution is -2.53. The molecule has 2 aromatic rings. The minimum atomic E-state index is -0.367. The van der Waals surface area contributed by atoms with Gasteiger partial charge < -0.3 is 19.9 Å². The van der Waals surface area contributed by atoms with Crippen LogP contribution in [0.4, 0.5) is 4.79 Å². The van der Waals surface area contributed by atoms with Crippen molar-refractivity contribution in [1.29, 1.82) is 0 Å². The lowest BCUT2D eigenvalue weighted by atomic mass is 10.00. The molecule has 0 aliphatic carbocycles. The van der Waals surface area contributed by atoms with E-state index in [4.69, 9.17) is 4.74 Å². The van der Waals surface area contributed by atoms with Crippen LogP contribution in [0.2, 0.25) is 0 Å². The molecule has 36 heavy (non-hydrogen) atoms. The fourth-order valence-electron chi connectivity index (χ4n) is 4.32. The van der Waals surface area contributed by atoms with Gasteiger partial charge in [0, 0.05) is 23.5 Å². The number of carbonyl (C=O) groups excluding carboxylic acids is 2. The molecular weight excluding hydrogens is 470 g/mol. The van der Waals surface area contributed by atoms with E-state index in [0.717, 1.165) is 24.2 Å². The number of nitrogens with one attached hydrogen (secondary N) is 1. The van der Waals surface area contributed by atoms with E-state index in [1.54, 1.807) is 16.2 Å². The quantitative estimate of drug-likeness (QED) is 0.432. The predicted molar refractivity (Wildman–Crippen MR) is 148 cm³/mol. The molecule has 0 saturated carbocycles. The molecule has 0 bridgehead atoms. The van der Waals surface area contributed by atoms with Crippen LogP contribution in [0.1, 0.15) is 82.9 Å². The number of ether oxygens (including phenoxy) is 1. The van der Waals surface area contributed by atoms with Crippen LogP contribution in [-0.2, 0) is 11.2 Å². The van der Waals surface area contributed by atoms with Gasteiger partial charge in [-0.25, -0.2) is 4.79 Å². The van der Waals surface area contributed by atoms with Crippen LogP contribution >= 0.6 is 11.3 Å². The zero-order valence-electron chi connectivity index (χ0n) is 23.0. The second kappa shape index (κ2) is 12.1. The number of nitrogens with zero attached hydrogens (tertiary/aromatic N) is 2. The summed E-state index contributed by atoms with van der Waals surface area (Å²) in [7, 11) is 0. The van der Waals surface area contributed by atoms with Crippen LogP contribution in [-0.4, -0.2) is 53.5 Å².